The van der Waals surface area contributed by atoms with Gasteiger partial charge in [-0.05, 0) is 70.5 Å². The summed E-state index contributed by atoms with van der Waals surface area (Å²) >= 11 is 0. The van der Waals surface area contributed by atoms with Gasteiger partial charge in [0.25, 0.3) is 0 Å². The van der Waals surface area contributed by atoms with E-state index in [0.29, 0.717) is 11.1 Å². The van der Waals surface area contributed by atoms with E-state index in [4.69, 9.17) is 0 Å². The minimum Gasteiger partial charge on any atom is -0.295 e. The molecule has 0 spiro atoms. The van der Waals surface area contributed by atoms with Crippen molar-refractivity contribution in [3.05, 3.63) is 178 Å². The van der Waals surface area contributed by atoms with Crippen LogP contribution in [0.25, 0.3) is 23.3 Å². The molecule has 2 heteroatoms. The Morgan fingerprint density at radius 1 is 0.375 bits per heavy atom. The van der Waals surface area contributed by atoms with Gasteiger partial charge < -0.3 is 0 Å². The van der Waals surface area contributed by atoms with E-state index in [0.717, 1.165) is 44.5 Å². The van der Waals surface area contributed by atoms with E-state index in [2.05, 4.69) is 60.7 Å². The predicted molar refractivity (Wildman–Crippen MR) is 166 cm³/mol. The van der Waals surface area contributed by atoms with Crippen LogP contribution in [0, 0.1) is 0 Å². The Hall–Kier alpha value is -5.08. The number of ketones is 2. The highest BCUT2D eigenvalue weighted by atomic mass is 16.1. The first-order valence-corrected chi connectivity index (χ1v) is 13.3. The second-order valence-electron chi connectivity index (χ2n) is 9.78. The number of hydrogen-bond acceptors (Lipinski definition) is 2. The molecule has 0 amide bonds. The first kappa shape index (κ1) is 26.5. The zero-order chi connectivity index (χ0) is 27.9. The van der Waals surface area contributed by atoms with Gasteiger partial charge in [-0.1, -0.05) is 133 Å². The number of hydrogen-bond donors (Lipinski definition) is 0. The zero-order valence-corrected chi connectivity index (χ0v) is 22.7. The lowest BCUT2D eigenvalue weighted by atomic mass is 9.91. The molecule has 0 atom stereocenters. The van der Waals surface area contributed by atoms with E-state index in [1.165, 1.54) is 0 Å². The fourth-order valence-corrected chi connectivity index (χ4v) is 4.69. The van der Waals surface area contributed by atoms with Crippen LogP contribution in [0.15, 0.2) is 133 Å². The van der Waals surface area contributed by atoms with Crippen molar-refractivity contribution in [2.75, 3.05) is 0 Å². The fraction of sp³-hybridized carbons (Fsp3) is 0.0526. The molecule has 0 saturated heterocycles. The summed E-state index contributed by atoms with van der Waals surface area (Å²) in [6, 6.07) is 44.8. The van der Waals surface area contributed by atoms with E-state index >= 15 is 0 Å². The quantitative estimate of drug-likeness (QED) is 0.151. The minimum atomic E-state index is 0.0615. The van der Waals surface area contributed by atoms with E-state index < -0.39 is 0 Å². The molecule has 0 saturated carbocycles. The average Bonchev–Trinajstić information content (AvgIpc) is 3.00. The Labute approximate surface area is 236 Å². The second kappa shape index (κ2) is 12.2. The summed E-state index contributed by atoms with van der Waals surface area (Å²) in [5.74, 6) is 0.123. The third-order valence-electron chi connectivity index (χ3n) is 6.93. The van der Waals surface area contributed by atoms with Crippen molar-refractivity contribution in [3.63, 3.8) is 0 Å². The lowest BCUT2D eigenvalue weighted by Gasteiger charge is -2.13. The summed E-state index contributed by atoms with van der Waals surface area (Å²) in [6.45, 7) is 3.17. The first-order valence-electron chi connectivity index (χ1n) is 13.3. The fourth-order valence-electron chi connectivity index (χ4n) is 4.69. The molecule has 0 radical (unpaired) electrons. The molecule has 0 aliphatic rings. The molecule has 0 N–H and O–H groups in total. The van der Waals surface area contributed by atoms with Crippen LogP contribution in [0.3, 0.4) is 0 Å². The van der Waals surface area contributed by atoms with Crippen LogP contribution in [-0.2, 0) is 0 Å². The summed E-state index contributed by atoms with van der Waals surface area (Å²) in [6.07, 6.45) is 4.33. The normalized spacial score (nSPS) is 11.8. The molecular weight excluding hydrogens is 488 g/mol. The molecule has 5 rings (SSSR count). The number of rotatable bonds is 8. The maximum atomic E-state index is 11.7. The van der Waals surface area contributed by atoms with Crippen LogP contribution < -0.4 is 0 Å². The van der Waals surface area contributed by atoms with E-state index in [1.807, 2.05) is 84.9 Å². The SMILES string of the molecule is CC(=O)c1ccc(/C=C(/c2ccccc2)c2ccc(/C(=C\c3ccc(C(C)=O)cc3)c3ccccc3)cc2)cc1. The lowest BCUT2D eigenvalue weighted by Crippen LogP contribution is -1.93. The Balaban J connectivity index is 1.55. The second-order valence-corrected chi connectivity index (χ2v) is 9.78. The summed E-state index contributed by atoms with van der Waals surface area (Å²) < 4.78 is 0. The molecule has 0 aromatic heterocycles. The number of carbonyl (C=O) groups excluding carboxylic acids is 2. The zero-order valence-electron chi connectivity index (χ0n) is 22.7. The van der Waals surface area contributed by atoms with E-state index in [9.17, 15) is 9.59 Å². The maximum absolute atomic E-state index is 11.7. The van der Waals surface area contributed by atoms with Crippen molar-refractivity contribution < 1.29 is 9.59 Å². The molecule has 5 aromatic rings. The molecule has 0 aliphatic carbocycles. The molecule has 5 aromatic carbocycles. The summed E-state index contributed by atoms with van der Waals surface area (Å²) in [5.41, 5.74) is 10.1. The van der Waals surface area contributed by atoms with Gasteiger partial charge in [0.2, 0.25) is 0 Å². The molecule has 0 fully saturated rings. The van der Waals surface area contributed by atoms with Gasteiger partial charge in [-0.15, -0.1) is 0 Å². The highest BCUT2D eigenvalue weighted by Gasteiger charge is 2.10. The standard InChI is InChI=1S/C38H30O2/c1-27(39)31-17-13-29(14-18-31)25-37(33-9-5-3-6-10-33)35-21-23-36(24-22-35)38(34-11-7-4-8-12-34)26-30-15-19-32(20-16-30)28(2)40/h3-26H,1-2H3/b37-25-,38-26-. The third kappa shape index (κ3) is 6.31. The van der Waals surface area contributed by atoms with Gasteiger partial charge in [-0.3, -0.25) is 9.59 Å². The van der Waals surface area contributed by atoms with Crippen molar-refractivity contribution in [2.24, 2.45) is 0 Å². The largest absolute Gasteiger partial charge is 0.295 e. The maximum Gasteiger partial charge on any atom is 0.159 e. The van der Waals surface area contributed by atoms with Gasteiger partial charge in [-0.25, -0.2) is 0 Å². The number of benzene rings is 5. The Morgan fingerprint density at radius 3 is 0.950 bits per heavy atom. The Morgan fingerprint density at radius 2 is 0.650 bits per heavy atom. The number of Topliss-reactive ketones (excluding diaryl/α,β-unsaturated/α-hetero) is 2. The van der Waals surface area contributed by atoms with Crippen LogP contribution in [-0.4, -0.2) is 11.6 Å². The van der Waals surface area contributed by atoms with Crippen molar-refractivity contribution in [3.8, 4) is 0 Å². The average molecular weight is 519 g/mol. The van der Waals surface area contributed by atoms with Crippen LogP contribution >= 0.6 is 0 Å². The van der Waals surface area contributed by atoms with Crippen LogP contribution in [0.2, 0.25) is 0 Å². The molecule has 0 bridgehead atoms. The van der Waals surface area contributed by atoms with Gasteiger partial charge in [0.05, 0.1) is 0 Å². The van der Waals surface area contributed by atoms with Crippen molar-refractivity contribution in [2.45, 2.75) is 13.8 Å². The van der Waals surface area contributed by atoms with Gasteiger partial charge in [-0.2, -0.15) is 0 Å². The van der Waals surface area contributed by atoms with Gasteiger partial charge >= 0.3 is 0 Å². The van der Waals surface area contributed by atoms with Gasteiger partial charge in [0, 0.05) is 11.1 Å². The molecule has 194 valence electrons. The monoisotopic (exact) mass is 518 g/mol. The Bertz CT molecular complexity index is 1540. The van der Waals surface area contributed by atoms with Crippen LogP contribution in [0.5, 0.6) is 0 Å². The Kier molecular flexibility index (Phi) is 8.08. The highest BCUT2D eigenvalue weighted by molar-refractivity contribution is 5.97. The smallest absolute Gasteiger partial charge is 0.159 e. The molecular formula is C38H30O2. The summed E-state index contributed by atoms with van der Waals surface area (Å²) in [4.78, 5) is 23.5. The lowest BCUT2D eigenvalue weighted by molar-refractivity contribution is 0.100. The molecule has 2 nitrogen and oxygen atoms in total. The van der Waals surface area contributed by atoms with Crippen molar-refractivity contribution >= 4 is 34.9 Å². The topological polar surface area (TPSA) is 34.1 Å². The molecule has 0 aliphatic heterocycles. The molecule has 0 unspecified atom stereocenters. The first-order chi connectivity index (χ1) is 19.5. The van der Waals surface area contributed by atoms with E-state index in [1.54, 1.807) is 13.8 Å². The highest BCUT2D eigenvalue weighted by Crippen LogP contribution is 2.31. The van der Waals surface area contributed by atoms with Gasteiger partial charge in [0.15, 0.2) is 11.6 Å². The van der Waals surface area contributed by atoms with Gasteiger partial charge in [0.1, 0.15) is 0 Å². The van der Waals surface area contributed by atoms with Crippen molar-refractivity contribution in [1.29, 1.82) is 0 Å². The predicted octanol–water partition coefficient (Wildman–Crippen LogP) is 9.27. The van der Waals surface area contributed by atoms with E-state index in [-0.39, 0.29) is 11.6 Å². The summed E-state index contributed by atoms with van der Waals surface area (Å²) in [5, 5.41) is 0. The van der Waals surface area contributed by atoms with Crippen LogP contribution in [0.4, 0.5) is 0 Å². The minimum absolute atomic E-state index is 0.0615. The van der Waals surface area contributed by atoms with Crippen LogP contribution in [0.1, 0.15) is 67.9 Å². The third-order valence-corrected chi connectivity index (χ3v) is 6.93. The molecule has 0 heterocycles. The number of carbonyl (C=O) groups is 2. The van der Waals surface area contributed by atoms with Crippen molar-refractivity contribution in [1.82, 2.24) is 0 Å². The summed E-state index contributed by atoms with van der Waals surface area (Å²) in [7, 11) is 0. The molecule has 40 heavy (non-hydrogen) atoms.